The summed E-state index contributed by atoms with van der Waals surface area (Å²) in [5, 5.41) is 24.2. The minimum absolute atomic E-state index is 0.282. The number of aliphatic carboxylic acids is 1. The van der Waals surface area contributed by atoms with Gasteiger partial charge in [-0.2, -0.15) is 0 Å². The fourth-order valence-electron chi connectivity index (χ4n) is 3.39. The number of fused-ring (bicyclic) bond motifs is 1. The minimum atomic E-state index is -1.67. The number of nitrogens with one attached hydrogen (secondary N) is 1. The molecule has 0 bridgehead atoms. The van der Waals surface area contributed by atoms with Gasteiger partial charge in [0.2, 0.25) is 0 Å². The van der Waals surface area contributed by atoms with Crippen molar-refractivity contribution < 1.29 is 19.7 Å². The molecular weight excluding hydrogens is 428 g/mol. The maximum atomic E-state index is 11.5. The summed E-state index contributed by atoms with van der Waals surface area (Å²) in [6.07, 6.45) is -1.67. The number of aliphatic hydroxyl groups is 1. The van der Waals surface area contributed by atoms with E-state index >= 15 is 0 Å². The summed E-state index contributed by atoms with van der Waals surface area (Å²) in [5.41, 5.74) is 2.84. The van der Waals surface area contributed by atoms with Crippen LogP contribution in [0.25, 0.3) is 10.9 Å². The smallest absolute Gasteiger partial charge is 0.335 e. The van der Waals surface area contributed by atoms with Crippen molar-refractivity contribution in [2.24, 2.45) is 0 Å². The highest BCUT2D eigenvalue weighted by Gasteiger charge is 2.27. The Hall–Kier alpha value is -3.61. The van der Waals surface area contributed by atoms with E-state index in [2.05, 4.69) is 10.3 Å². The van der Waals surface area contributed by atoms with Crippen molar-refractivity contribution in [3.63, 3.8) is 0 Å². The first-order valence-corrected chi connectivity index (χ1v) is 10.4. The maximum absolute atomic E-state index is 11.5. The molecule has 0 amide bonds. The molecule has 1 heterocycles. The third-order valence-corrected chi connectivity index (χ3v) is 5.21. The Balaban J connectivity index is 1.50. The van der Waals surface area contributed by atoms with Gasteiger partial charge in [-0.3, -0.25) is 0 Å². The minimum Gasteiger partial charge on any atom is -0.487 e. The molecule has 4 aromatic rings. The summed E-state index contributed by atoms with van der Waals surface area (Å²) < 4.78 is 5.89. The van der Waals surface area contributed by atoms with Gasteiger partial charge >= 0.3 is 5.97 Å². The van der Waals surface area contributed by atoms with Crippen LogP contribution in [0.3, 0.4) is 0 Å². The zero-order chi connectivity index (χ0) is 22.5. The summed E-state index contributed by atoms with van der Waals surface area (Å²) in [6, 6.07) is 24.7. The predicted octanol–water partition coefficient (Wildman–Crippen LogP) is 5.07. The number of ether oxygens (including phenoxy) is 1. The lowest BCUT2D eigenvalue weighted by Gasteiger charge is -2.23. The largest absolute Gasteiger partial charge is 0.487 e. The van der Waals surface area contributed by atoms with E-state index in [1.807, 2.05) is 36.4 Å². The van der Waals surface area contributed by atoms with Crippen LogP contribution >= 0.6 is 11.6 Å². The van der Waals surface area contributed by atoms with Crippen LogP contribution in [-0.4, -0.2) is 27.3 Å². The van der Waals surface area contributed by atoms with E-state index in [1.165, 1.54) is 0 Å². The summed E-state index contributed by atoms with van der Waals surface area (Å²) in [7, 11) is 0. The highest BCUT2D eigenvalue weighted by Crippen LogP contribution is 2.27. The Labute approximate surface area is 190 Å². The molecule has 0 aliphatic carbocycles. The van der Waals surface area contributed by atoms with Gasteiger partial charge in [-0.15, -0.1) is 0 Å². The van der Waals surface area contributed by atoms with Crippen molar-refractivity contribution >= 4 is 34.2 Å². The number of pyridine rings is 1. The van der Waals surface area contributed by atoms with Crippen LogP contribution in [0.5, 0.6) is 5.75 Å². The normalized spacial score (nSPS) is 12.8. The Kier molecular flexibility index (Phi) is 6.54. The average Bonchev–Trinajstić information content (AvgIpc) is 2.81. The number of carbonyl (C=O) groups is 1. The molecule has 7 heteroatoms. The van der Waals surface area contributed by atoms with Crippen LogP contribution in [0, 0.1) is 0 Å². The molecule has 0 aliphatic rings. The van der Waals surface area contributed by atoms with Crippen LogP contribution in [0.1, 0.15) is 17.3 Å². The number of rotatable bonds is 8. The molecule has 6 nitrogen and oxygen atoms in total. The number of para-hydroxylation sites is 1. The van der Waals surface area contributed by atoms with Crippen molar-refractivity contribution in [1.29, 1.82) is 0 Å². The van der Waals surface area contributed by atoms with Crippen LogP contribution in [-0.2, 0) is 11.4 Å². The third-order valence-electron chi connectivity index (χ3n) is 4.98. The Morgan fingerprint density at radius 2 is 1.81 bits per heavy atom. The number of hydrogen-bond donors (Lipinski definition) is 3. The van der Waals surface area contributed by atoms with Gasteiger partial charge in [0.25, 0.3) is 0 Å². The molecule has 0 saturated carbocycles. The number of hydrogen-bond acceptors (Lipinski definition) is 5. The molecule has 0 radical (unpaired) electrons. The maximum Gasteiger partial charge on any atom is 0.335 e. The first kappa shape index (κ1) is 21.6. The van der Waals surface area contributed by atoms with Gasteiger partial charge in [-0.25, -0.2) is 9.78 Å². The van der Waals surface area contributed by atoms with Gasteiger partial charge in [-0.1, -0.05) is 54.1 Å². The Morgan fingerprint density at radius 1 is 1.00 bits per heavy atom. The monoisotopic (exact) mass is 448 g/mol. The van der Waals surface area contributed by atoms with Gasteiger partial charge in [0, 0.05) is 22.2 Å². The second-order valence-electron chi connectivity index (χ2n) is 7.27. The number of anilines is 1. The first-order chi connectivity index (χ1) is 15.5. The Bertz CT molecular complexity index is 1250. The van der Waals surface area contributed by atoms with Crippen molar-refractivity contribution in [2.75, 3.05) is 5.32 Å². The lowest BCUT2D eigenvalue weighted by atomic mass is 10.0. The standard InChI is InChI=1S/C25H21ClN2O4/c26-18-7-3-6-17(13-18)23(24(29)25(30)31)28-19-8-4-9-21(14-19)32-15-20-12-11-16-5-1-2-10-22(16)27-20/h1-14,23-24,28-29H,15H2,(H,30,31)/t23-,24-/m0/s1. The van der Waals surface area contributed by atoms with Crippen LogP contribution in [0.4, 0.5) is 5.69 Å². The van der Waals surface area contributed by atoms with Crippen molar-refractivity contribution in [3.8, 4) is 5.75 Å². The van der Waals surface area contributed by atoms with E-state index in [9.17, 15) is 15.0 Å². The molecule has 32 heavy (non-hydrogen) atoms. The predicted molar refractivity (Wildman–Crippen MR) is 124 cm³/mol. The highest BCUT2D eigenvalue weighted by atomic mass is 35.5. The molecule has 0 saturated heterocycles. The number of carboxylic acids is 1. The lowest BCUT2D eigenvalue weighted by molar-refractivity contribution is -0.147. The fraction of sp³-hybridized carbons (Fsp3) is 0.120. The number of aliphatic hydroxyl groups excluding tert-OH is 1. The zero-order valence-electron chi connectivity index (χ0n) is 17.0. The van der Waals surface area contributed by atoms with Crippen LogP contribution in [0.2, 0.25) is 5.02 Å². The van der Waals surface area contributed by atoms with E-state index in [0.29, 0.717) is 22.0 Å². The molecule has 3 N–H and O–H groups in total. The summed E-state index contributed by atoms with van der Waals surface area (Å²) in [6.45, 7) is 0.282. The van der Waals surface area contributed by atoms with E-state index in [1.54, 1.807) is 48.5 Å². The summed E-state index contributed by atoms with van der Waals surface area (Å²) >= 11 is 6.05. The second kappa shape index (κ2) is 9.68. The van der Waals surface area contributed by atoms with Gasteiger partial charge in [0.05, 0.1) is 17.3 Å². The Morgan fingerprint density at radius 3 is 2.62 bits per heavy atom. The van der Waals surface area contributed by atoms with Gasteiger partial charge in [-0.05, 0) is 42.0 Å². The topological polar surface area (TPSA) is 91.7 Å². The van der Waals surface area contributed by atoms with Crippen molar-refractivity contribution in [2.45, 2.75) is 18.8 Å². The molecule has 0 spiro atoms. The molecule has 2 atom stereocenters. The van der Waals surface area contributed by atoms with Crippen molar-refractivity contribution in [1.82, 2.24) is 4.98 Å². The SMILES string of the molecule is O=C(O)[C@@H](O)[C@@H](Nc1cccc(OCc2ccc3ccccc3n2)c1)c1cccc(Cl)c1. The number of carboxylic acid groups (broad SMARTS) is 1. The molecule has 0 aliphatic heterocycles. The average molecular weight is 449 g/mol. The lowest BCUT2D eigenvalue weighted by Crippen LogP contribution is -2.32. The molecule has 162 valence electrons. The number of benzene rings is 3. The third kappa shape index (κ3) is 5.17. The van der Waals surface area contributed by atoms with Crippen LogP contribution in [0.15, 0.2) is 84.9 Å². The van der Waals surface area contributed by atoms with Gasteiger partial charge < -0.3 is 20.3 Å². The molecule has 0 fully saturated rings. The van der Waals surface area contributed by atoms with Crippen LogP contribution < -0.4 is 10.1 Å². The number of aromatic nitrogens is 1. The first-order valence-electron chi connectivity index (χ1n) is 10.00. The number of nitrogens with zero attached hydrogens (tertiary/aromatic N) is 1. The molecule has 4 rings (SSSR count). The zero-order valence-corrected chi connectivity index (χ0v) is 17.7. The molecular formula is C25H21ClN2O4. The highest BCUT2D eigenvalue weighted by molar-refractivity contribution is 6.30. The van der Waals surface area contributed by atoms with E-state index in [0.717, 1.165) is 16.6 Å². The molecule has 0 unspecified atom stereocenters. The summed E-state index contributed by atoms with van der Waals surface area (Å²) in [5.74, 6) is -0.753. The van der Waals surface area contributed by atoms with Crippen molar-refractivity contribution in [3.05, 3.63) is 101 Å². The fourth-order valence-corrected chi connectivity index (χ4v) is 3.59. The van der Waals surface area contributed by atoms with E-state index in [-0.39, 0.29) is 6.61 Å². The second-order valence-corrected chi connectivity index (χ2v) is 7.71. The quantitative estimate of drug-likeness (QED) is 0.348. The van der Waals surface area contributed by atoms with E-state index in [4.69, 9.17) is 16.3 Å². The van der Waals surface area contributed by atoms with E-state index < -0.39 is 18.1 Å². The molecule has 3 aromatic carbocycles. The molecule has 1 aromatic heterocycles. The summed E-state index contributed by atoms with van der Waals surface area (Å²) in [4.78, 5) is 16.1. The van der Waals surface area contributed by atoms with Gasteiger partial charge in [0.15, 0.2) is 6.10 Å². The number of halogens is 1. The van der Waals surface area contributed by atoms with Gasteiger partial charge in [0.1, 0.15) is 12.4 Å².